The molecule has 1 unspecified atom stereocenters. The Hall–Kier alpha value is -0.120. The summed E-state index contributed by atoms with van der Waals surface area (Å²) in [7, 11) is 2.20. The molecule has 2 N–H and O–H groups in total. The molecule has 3 nitrogen and oxygen atoms in total. The number of rotatable bonds is 4. The number of hydrogen-bond donors (Lipinski definition) is 1. The van der Waals surface area contributed by atoms with Gasteiger partial charge in [0, 0.05) is 19.7 Å². The summed E-state index contributed by atoms with van der Waals surface area (Å²) in [6.45, 7) is 3.79. The lowest BCUT2D eigenvalue weighted by Crippen LogP contribution is -2.50. The third-order valence-corrected chi connectivity index (χ3v) is 3.76. The Morgan fingerprint density at radius 3 is 2.73 bits per heavy atom. The van der Waals surface area contributed by atoms with E-state index in [0.717, 1.165) is 32.1 Å². The second kappa shape index (κ2) is 4.81. The maximum atomic E-state index is 6.27. The Kier molecular flexibility index (Phi) is 3.65. The zero-order chi connectivity index (χ0) is 10.7. The van der Waals surface area contributed by atoms with E-state index in [1.54, 1.807) is 0 Å². The van der Waals surface area contributed by atoms with Crippen LogP contribution in [0.2, 0.25) is 0 Å². The molecule has 0 aromatic heterocycles. The van der Waals surface area contributed by atoms with E-state index < -0.39 is 0 Å². The van der Waals surface area contributed by atoms with Crippen molar-refractivity contribution in [3.05, 3.63) is 0 Å². The van der Waals surface area contributed by atoms with Gasteiger partial charge < -0.3 is 15.4 Å². The Morgan fingerprint density at radius 1 is 1.40 bits per heavy atom. The van der Waals surface area contributed by atoms with Gasteiger partial charge in [-0.05, 0) is 32.2 Å². The molecule has 2 rings (SSSR count). The van der Waals surface area contributed by atoms with E-state index in [0.29, 0.717) is 0 Å². The quantitative estimate of drug-likeness (QED) is 0.761. The third-order valence-electron chi connectivity index (χ3n) is 3.76. The van der Waals surface area contributed by atoms with E-state index in [4.69, 9.17) is 10.5 Å². The van der Waals surface area contributed by atoms with Crippen LogP contribution in [0, 0.1) is 5.92 Å². The molecular weight excluding hydrogens is 188 g/mol. The minimum absolute atomic E-state index is 0.0760. The summed E-state index contributed by atoms with van der Waals surface area (Å²) in [5, 5.41) is 0. The monoisotopic (exact) mass is 212 g/mol. The molecule has 15 heavy (non-hydrogen) atoms. The van der Waals surface area contributed by atoms with Gasteiger partial charge in [-0.1, -0.05) is 12.8 Å². The van der Waals surface area contributed by atoms with E-state index in [9.17, 15) is 0 Å². The number of hydrogen-bond acceptors (Lipinski definition) is 3. The molecule has 1 atom stereocenters. The van der Waals surface area contributed by atoms with E-state index >= 15 is 0 Å². The van der Waals surface area contributed by atoms with Crippen molar-refractivity contribution in [3.8, 4) is 0 Å². The molecule has 0 bridgehead atoms. The van der Waals surface area contributed by atoms with Gasteiger partial charge in [0.15, 0.2) is 0 Å². The molecule has 1 heterocycles. The van der Waals surface area contributed by atoms with Crippen LogP contribution in [-0.4, -0.2) is 43.8 Å². The van der Waals surface area contributed by atoms with Crippen LogP contribution in [0.1, 0.15) is 32.1 Å². The summed E-state index contributed by atoms with van der Waals surface area (Å²) < 4.78 is 5.38. The van der Waals surface area contributed by atoms with Gasteiger partial charge in [0.25, 0.3) is 0 Å². The van der Waals surface area contributed by atoms with Crippen molar-refractivity contribution in [2.24, 2.45) is 11.7 Å². The molecular formula is C12H24N2O. The van der Waals surface area contributed by atoms with Crippen molar-refractivity contribution in [1.82, 2.24) is 4.90 Å². The minimum Gasteiger partial charge on any atom is -0.379 e. The van der Waals surface area contributed by atoms with Gasteiger partial charge in [0.1, 0.15) is 0 Å². The van der Waals surface area contributed by atoms with Gasteiger partial charge in [-0.2, -0.15) is 0 Å². The lowest BCUT2D eigenvalue weighted by molar-refractivity contribution is 0.156. The summed E-state index contributed by atoms with van der Waals surface area (Å²) in [6.07, 6.45) is 6.70. The molecule has 2 aliphatic rings. The van der Waals surface area contributed by atoms with Crippen LogP contribution in [0.5, 0.6) is 0 Å². The largest absolute Gasteiger partial charge is 0.379 e. The Labute approximate surface area is 93.0 Å². The summed E-state index contributed by atoms with van der Waals surface area (Å²) in [4.78, 5) is 2.41. The predicted molar refractivity (Wildman–Crippen MR) is 61.8 cm³/mol. The highest BCUT2D eigenvalue weighted by Gasteiger charge is 2.32. The molecule has 0 aromatic rings. The van der Waals surface area contributed by atoms with Gasteiger partial charge in [0.2, 0.25) is 0 Å². The minimum atomic E-state index is -0.0760. The van der Waals surface area contributed by atoms with E-state index in [1.807, 2.05) is 0 Å². The van der Waals surface area contributed by atoms with Crippen LogP contribution in [0.25, 0.3) is 0 Å². The molecule has 3 heteroatoms. The first-order valence-electron chi connectivity index (χ1n) is 6.23. The molecule has 0 spiro atoms. The first-order valence-corrected chi connectivity index (χ1v) is 6.23. The number of likely N-dealkylation sites (N-methyl/N-ethyl adjacent to an activating group) is 1. The van der Waals surface area contributed by atoms with Crippen LogP contribution in [-0.2, 0) is 4.74 Å². The van der Waals surface area contributed by atoms with Gasteiger partial charge in [-0.3, -0.25) is 0 Å². The highest BCUT2D eigenvalue weighted by atomic mass is 16.5. The van der Waals surface area contributed by atoms with E-state index in [-0.39, 0.29) is 5.54 Å². The zero-order valence-corrected chi connectivity index (χ0v) is 9.87. The van der Waals surface area contributed by atoms with Crippen molar-refractivity contribution < 1.29 is 4.74 Å². The summed E-state index contributed by atoms with van der Waals surface area (Å²) in [5.41, 5.74) is 6.19. The Bertz CT molecular complexity index is 196. The molecule has 0 aromatic carbocycles. The van der Waals surface area contributed by atoms with Gasteiger partial charge >= 0.3 is 0 Å². The van der Waals surface area contributed by atoms with Crippen LogP contribution >= 0.6 is 0 Å². The molecule has 1 saturated carbocycles. The van der Waals surface area contributed by atoms with E-state index in [1.165, 1.54) is 32.2 Å². The number of ether oxygens (including phenoxy) is 1. The fourth-order valence-corrected chi connectivity index (χ4v) is 2.98. The zero-order valence-electron chi connectivity index (χ0n) is 9.87. The molecule has 1 aliphatic heterocycles. The van der Waals surface area contributed by atoms with Crippen LogP contribution < -0.4 is 5.73 Å². The molecule has 1 saturated heterocycles. The summed E-state index contributed by atoms with van der Waals surface area (Å²) in [6, 6.07) is 0. The van der Waals surface area contributed by atoms with Crippen molar-refractivity contribution in [2.45, 2.75) is 37.6 Å². The Morgan fingerprint density at radius 2 is 2.13 bits per heavy atom. The normalized spacial score (nSPS) is 33.0. The standard InChI is InChI=1S/C12H24N2O/c1-14(8-11-4-2-3-5-11)9-12(13)6-7-15-10-12/h11H,2-10,13H2,1H3. The number of nitrogens with two attached hydrogens (primary N) is 1. The van der Waals surface area contributed by atoms with E-state index in [2.05, 4.69) is 11.9 Å². The van der Waals surface area contributed by atoms with Gasteiger partial charge in [0.05, 0.1) is 12.1 Å². The summed E-state index contributed by atoms with van der Waals surface area (Å²) >= 11 is 0. The topological polar surface area (TPSA) is 38.5 Å². The smallest absolute Gasteiger partial charge is 0.0659 e. The lowest BCUT2D eigenvalue weighted by atomic mass is 9.99. The molecule has 1 aliphatic carbocycles. The molecule has 0 radical (unpaired) electrons. The second-order valence-electron chi connectivity index (χ2n) is 5.51. The van der Waals surface area contributed by atoms with Crippen LogP contribution in [0.15, 0.2) is 0 Å². The third kappa shape index (κ3) is 3.16. The highest BCUT2D eigenvalue weighted by Crippen LogP contribution is 2.26. The average molecular weight is 212 g/mol. The lowest BCUT2D eigenvalue weighted by Gasteiger charge is -2.30. The average Bonchev–Trinajstić information content (AvgIpc) is 2.76. The SMILES string of the molecule is CN(CC1CCCC1)CC1(N)CCOC1. The summed E-state index contributed by atoms with van der Waals surface area (Å²) in [5.74, 6) is 0.918. The van der Waals surface area contributed by atoms with Gasteiger partial charge in [-0.25, -0.2) is 0 Å². The first-order chi connectivity index (χ1) is 7.18. The van der Waals surface area contributed by atoms with Crippen LogP contribution in [0.3, 0.4) is 0 Å². The molecule has 88 valence electrons. The molecule has 0 amide bonds. The predicted octanol–water partition coefficient (Wildman–Crippen LogP) is 1.23. The first kappa shape index (κ1) is 11.4. The second-order valence-corrected chi connectivity index (χ2v) is 5.51. The maximum absolute atomic E-state index is 6.27. The van der Waals surface area contributed by atoms with Crippen LogP contribution in [0.4, 0.5) is 0 Å². The fraction of sp³-hybridized carbons (Fsp3) is 1.00. The van der Waals surface area contributed by atoms with Crippen molar-refractivity contribution >= 4 is 0 Å². The van der Waals surface area contributed by atoms with Crippen molar-refractivity contribution in [3.63, 3.8) is 0 Å². The fourth-order valence-electron chi connectivity index (χ4n) is 2.98. The number of nitrogens with zero attached hydrogens (tertiary/aromatic N) is 1. The maximum Gasteiger partial charge on any atom is 0.0659 e. The highest BCUT2D eigenvalue weighted by molar-refractivity contribution is 4.90. The van der Waals surface area contributed by atoms with Crippen molar-refractivity contribution in [1.29, 1.82) is 0 Å². The van der Waals surface area contributed by atoms with Gasteiger partial charge in [-0.15, -0.1) is 0 Å². The molecule has 2 fully saturated rings. The Balaban J connectivity index is 1.73. The van der Waals surface area contributed by atoms with Crippen molar-refractivity contribution in [2.75, 3.05) is 33.4 Å².